The van der Waals surface area contributed by atoms with Gasteiger partial charge in [-0.3, -0.25) is 9.80 Å². The van der Waals surface area contributed by atoms with Crippen LogP contribution in [0.25, 0.3) is 5.69 Å². The van der Waals surface area contributed by atoms with E-state index in [1.807, 2.05) is 18.5 Å². The summed E-state index contributed by atoms with van der Waals surface area (Å²) in [6.45, 7) is 11.0. The van der Waals surface area contributed by atoms with Crippen LogP contribution in [0.2, 0.25) is 0 Å². The van der Waals surface area contributed by atoms with E-state index in [-0.39, 0.29) is 12.4 Å². The number of benzene rings is 1. The molecule has 0 aliphatic carbocycles. The first-order valence-corrected chi connectivity index (χ1v) is 11.7. The minimum atomic E-state index is -0.253. The van der Waals surface area contributed by atoms with E-state index in [0.717, 1.165) is 43.9 Å². The molecular weight excluding hydrogens is 393 g/mol. The van der Waals surface area contributed by atoms with Gasteiger partial charge >= 0.3 is 0 Å². The van der Waals surface area contributed by atoms with Crippen molar-refractivity contribution in [1.82, 2.24) is 24.5 Å². The molecule has 7 heteroatoms. The van der Waals surface area contributed by atoms with Gasteiger partial charge in [-0.05, 0) is 64.4 Å². The molecule has 2 fully saturated rings. The fourth-order valence-electron chi connectivity index (χ4n) is 5.16. The van der Waals surface area contributed by atoms with Crippen LogP contribution >= 0.6 is 0 Å². The second-order valence-electron chi connectivity index (χ2n) is 9.27. The highest BCUT2D eigenvalue weighted by Crippen LogP contribution is 2.25. The van der Waals surface area contributed by atoms with Crippen molar-refractivity contribution in [3.8, 4) is 5.69 Å². The van der Waals surface area contributed by atoms with Crippen molar-refractivity contribution >= 4 is 0 Å². The van der Waals surface area contributed by atoms with Crippen molar-refractivity contribution in [2.75, 3.05) is 39.3 Å². The summed E-state index contributed by atoms with van der Waals surface area (Å²) >= 11 is 0. The fourth-order valence-corrected chi connectivity index (χ4v) is 5.16. The second-order valence-corrected chi connectivity index (χ2v) is 9.27. The Morgan fingerprint density at radius 1 is 1.16 bits per heavy atom. The molecule has 1 aromatic heterocycles. The Bertz CT molecular complexity index is 833. The van der Waals surface area contributed by atoms with Crippen molar-refractivity contribution in [3.05, 3.63) is 48.0 Å². The zero-order valence-electron chi connectivity index (χ0n) is 18.8. The van der Waals surface area contributed by atoms with Crippen molar-refractivity contribution in [1.29, 1.82) is 0 Å². The van der Waals surface area contributed by atoms with Gasteiger partial charge in [0.25, 0.3) is 0 Å². The Hall–Kier alpha value is -1.80. The van der Waals surface area contributed by atoms with Crippen LogP contribution in [-0.4, -0.2) is 87.0 Å². The Kier molecular flexibility index (Phi) is 7.38. The molecule has 170 valence electrons. The predicted molar refractivity (Wildman–Crippen MR) is 121 cm³/mol. The van der Waals surface area contributed by atoms with E-state index in [1.54, 1.807) is 10.7 Å². The Morgan fingerprint density at radius 2 is 1.97 bits per heavy atom. The molecule has 4 rings (SSSR count). The standard InChI is InChI=1S/C24H36FN5O/c1-19(2)28-9-6-22(7-10-28)29-12-11-27(18-24(29)8-13-31)16-20-15-26-30(17-20)23-5-3-4-21(25)14-23/h3-5,14-15,17,19,22,24,31H,6-13,16,18H2,1-2H3. The largest absolute Gasteiger partial charge is 0.396 e. The van der Waals surface area contributed by atoms with Crippen molar-refractivity contribution in [2.45, 2.75) is 57.8 Å². The molecule has 2 aliphatic rings. The summed E-state index contributed by atoms with van der Waals surface area (Å²) in [7, 11) is 0. The van der Waals surface area contributed by atoms with E-state index in [4.69, 9.17) is 0 Å². The molecular formula is C24H36FN5O. The lowest BCUT2D eigenvalue weighted by Gasteiger charge is -2.48. The van der Waals surface area contributed by atoms with Crippen LogP contribution in [0, 0.1) is 5.82 Å². The average Bonchev–Trinajstić information content (AvgIpc) is 3.23. The van der Waals surface area contributed by atoms with E-state index in [2.05, 4.69) is 33.6 Å². The minimum absolute atomic E-state index is 0.233. The van der Waals surface area contributed by atoms with E-state index < -0.39 is 0 Å². The van der Waals surface area contributed by atoms with Crippen molar-refractivity contribution < 1.29 is 9.50 Å². The number of aromatic nitrogens is 2. The molecule has 0 radical (unpaired) electrons. The molecule has 3 heterocycles. The third kappa shape index (κ3) is 5.52. The van der Waals surface area contributed by atoms with Crippen LogP contribution in [0.15, 0.2) is 36.7 Å². The first-order chi connectivity index (χ1) is 15.0. The molecule has 0 amide bonds. The first kappa shape index (κ1) is 22.4. The summed E-state index contributed by atoms with van der Waals surface area (Å²) < 4.78 is 15.3. The molecule has 0 saturated carbocycles. The zero-order valence-corrected chi connectivity index (χ0v) is 18.8. The predicted octanol–water partition coefficient (Wildman–Crippen LogP) is 2.75. The number of likely N-dealkylation sites (tertiary alicyclic amines) is 1. The number of halogens is 1. The molecule has 0 spiro atoms. The number of piperazine rings is 1. The molecule has 1 atom stereocenters. The maximum absolute atomic E-state index is 13.5. The molecule has 6 nitrogen and oxygen atoms in total. The Balaban J connectivity index is 1.36. The second kappa shape index (κ2) is 10.2. The van der Waals surface area contributed by atoms with E-state index in [1.165, 1.54) is 38.1 Å². The van der Waals surface area contributed by atoms with Gasteiger partial charge in [0.15, 0.2) is 0 Å². The van der Waals surface area contributed by atoms with Gasteiger partial charge in [-0.2, -0.15) is 5.10 Å². The van der Waals surface area contributed by atoms with Crippen LogP contribution < -0.4 is 0 Å². The summed E-state index contributed by atoms with van der Waals surface area (Å²) in [5.41, 5.74) is 1.87. The van der Waals surface area contributed by atoms with Crippen molar-refractivity contribution in [2.24, 2.45) is 0 Å². The number of aliphatic hydroxyl groups is 1. The number of hydrogen-bond acceptors (Lipinski definition) is 5. The van der Waals surface area contributed by atoms with Gasteiger partial charge in [-0.15, -0.1) is 0 Å². The fraction of sp³-hybridized carbons (Fsp3) is 0.625. The molecule has 0 bridgehead atoms. The molecule has 1 N–H and O–H groups in total. The third-order valence-electron chi connectivity index (χ3n) is 6.89. The van der Waals surface area contributed by atoms with Gasteiger partial charge in [0.05, 0.1) is 11.9 Å². The molecule has 2 aromatic rings. The highest BCUT2D eigenvalue weighted by atomic mass is 19.1. The SMILES string of the molecule is CC(C)N1CCC(N2CCN(Cc3cnn(-c4cccc(F)c4)c3)CC2CCO)CC1. The highest BCUT2D eigenvalue weighted by Gasteiger charge is 2.33. The number of aliphatic hydroxyl groups excluding tert-OH is 1. The van der Waals surface area contributed by atoms with Crippen LogP contribution in [0.4, 0.5) is 4.39 Å². The Morgan fingerprint density at radius 3 is 2.68 bits per heavy atom. The Labute approximate surface area is 185 Å². The smallest absolute Gasteiger partial charge is 0.125 e. The van der Waals surface area contributed by atoms with E-state index >= 15 is 0 Å². The van der Waals surface area contributed by atoms with Gasteiger partial charge in [0.2, 0.25) is 0 Å². The first-order valence-electron chi connectivity index (χ1n) is 11.7. The summed E-state index contributed by atoms with van der Waals surface area (Å²) in [5, 5.41) is 14.1. The third-order valence-corrected chi connectivity index (χ3v) is 6.89. The van der Waals surface area contributed by atoms with Gasteiger partial charge < -0.3 is 10.0 Å². The lowest BCUT2D eigenvalue weighted by atomic mass is 9.97. The van der Waals surface area contributed by atoms with Crippen LogP contribution in [0.5, 0.6) is 0 Å². The van der Waals surface area contributed by atoms with Crippen molar-refractivity contribution in [3.63, 3.8) is 0 Å². The number of piperidine rings is 1. The van der Waals surface area contributed by atoms with Crippen LogP contribution in [0.3, 0.4) is 0 Å². The molecule has 2 saturated heterocycles. The summed E-state index contributed by atoms with van der Waals surface area (Å²) in [6, 6.07) is 8.16. The van der Waals surface area contributed by atoms with Crippen LogP contribution in [0.1, 0.15) is 38.7 Å². The molecule has 1 unspecified atom stereocenters. The number of hydrogen-bond donors (Lipinski definition) is 1. The summed E-state index contributed by atoms with van der Waals surface area (Å²) in [6.07, 6.45) is 7.13. The van der Waals surface area contributed by atoms with Gasteiger partial charge in [0, 0.05) is 62.7 Å². The maximum atomic E-state index is 13.5. The lowest BCUT2D eigenvalue weighted by molar-refractivity contribution is -0.0000323. The molecule has 1 aromatic carbocycles. The summed E-state index contributed by atoms with van der Waals surface area (Å²) in [4.78, 5) is 7.71. The van der Waals surface area contributed by atoms with Crippen LogP contribution in [-0.2, 0) is 6.54 Å². The number of rotatable bonds is 7. The van der Waals surface area contributed by atoms with E-state index in [9.17, 15) is 9.50 Å². The lowest BCUT2D eigenvalue weighted by Crippen LogP contribution is -2.58. The number of nitrogens with zero attached hydrogens (tertiary/aromatic N) is 5. The summed E-state index contributed by atoms with van der Waals surface area (Å²) in [5.74, 6) is -0.253. The quantitative estimate of drug-likeness (QED) is 0.734. The normalized spacial score (nSPS) is 22.4. The van der Waals surface area contributed by atoms with Gasteiger partial charge in [-0.1, -0.05) is 6.07 Å². The topological polar surface area (TPSA) is 47.8 Å². The maximum Gasteiger partial charge on any atom is 0.125 e. The monoisotopic (exact) mass is 429 g/mol. The van der Waals surface area contributed by atoms with Gasteiger partial charge in [-0.25, -0.2) is 9.07 Å². The molecule has 2 aliphatic heterocycles. The zero-order chi connectivity index (χ0) is 21.8. The highest BCUT2D eigenvalue weighted by molar-refractivity contribution is 5.31. The average molecular weight is 430 g/mol. The molecule has 31 heavy (non-hydrogen) atoms. The van der Waals surface area contributed by atoms with E-state index in [0.29, 0.717) is 18.1 Å². The minimum Gasteiger partial charge on any atom is -0.396 e. The van der Waals surface area contributed by atoms with Gasteiger partial charge in [0.1, 0.15) is 5.82 Å².